The second kappa shape index (κ2) is 9.13. The second-order valence-electron chi connectivity index (χ2n) is 7.48. The Kier molecular flexibility index (Phi) is 6.35. The van der Waals surface area contributed by atoms with Crippen LogP contribution < -0.4 is 16.0 Å². The maximum atomic E-state index is 12.3. The molecule has 3 amide bonds. The van der Waals surface area contributed by atoms with E-state index in [1.54, 1.807) is 48.5 Å². The summed E-state index contributed by atoms with van der Waals surface area (Å²) in [6.45, 7) is 2.86. The monoisotopic (exact) mass is 417 g/mol. The Morgan fingerprint density at radius 1 is 0.710 bits per heavy atom. The summed E-state index contributed by atoms with van der Waals surface area (Å²) in [5.74, 6) is -1.56. The summed E-state index contributed by atoms with van der Waals surface area (Å²) in [5, 5.41) is 17.2. The molecule has 0 bridgehead atoms. The van der Waals surface area contributed by atoms with Crippen molar-refractivity contribution in [2.24, 2.45) is 0 Å². The lowest BCUT2D eigenvalue weighted by molar-refractivity contribution is -0.143. The van der Waals surface area contributed by atoms with Gasteiger partial charge in [0.25, 0.3) is 5.91 Å². The highest BCUT2D eigenvalue weighted by atomic mass is 16.4. The molecule has 7 nitrogen and oxygen atoms in total. The van der Waals surface area contributed by atoms with Crippen molar-refractivity contribution in [3.8, 4) is 11.1 Å². The Labute approximate surface area is 180 Å². The lowest BCUT2D eigenvalue weighted by Crippen LogP contribution is -2.49. The van der Waals surface area contributed by atoms with Crippen LogP contribution in [0, 0.1) is 0 Å². The summed E-state index contributed by atoms with van der Waals surface area (Å²) in [5.41, 5.74) is 2.15. The summed E-state index contributed by atoms with van der Waals surface area (Å²) in [7, 11) is 0. The Morgan fingerprint density at radius 3 is 1.71 bits per heavy atom. The van der Waals surface area contributed by atoms with Crippen LogP contribution in [0.3, 0.4) is 0 Å². The molecule has 0 aromatic heterocycles. The Morgan fingerprint density at radius 2 is 1.19 bits per heavy atom. The number of carboxylic acids is 1. The molecule has 0 saturated carbocycles. The number of rotatable bonds is 6. The average Bonchev–Trinajstić information content (AvgIpc) is 2.74. The number of carboxylic acid groups (broad SMARTS) is 1. The number of carbonyl (C=O) groups excluding carboxylic acids is 2. The van der Waals surface area contributed by atoms with Crippen LogP contribution in [0.25, 0.3) is 11.1 Å². The van der Waals surface area contributed by atoms with E-state index in [2.05, 4.69) is 16.0 Å². The summed E-state index contributed by atoms with van der Waals surface area (Å²) in [6.07, 6.45) is 0. The molecule has 0 saturated heterocycles. The summed E-state index contributed by atoms with van der Waals surface area (Å²) >= 11 is 0. The first kappa shape index (κ1) is 21.6. The smallest absolute Gasteiger partial charge is 0.328 e. The number of aliphatic carboxylic acids is 1. The highest BCUT2D eigenvalue weighted by Gasteiger charge is 2.29. The maximum absolute atomic E-state index is 12.3. The molecule has 4 N–H and O–H groups in total. The summed E-state index contributed by atoms with van der Waals surface area (Å²) in [4.78, 5) is 35.5. The first-order valence-electron chi connectivity index (χ1n) is 9.64. The minimum Gasteiger partial charge on any atom is -0.480 e. The molecule has 0 unspecified atom stereocenters. The van der Waals surface area contributed by atoms with Gasteiger partial charge >= 0.3 is 12.0 Å². The fraction of sp³-hybridized carbons (Fsp3) is 0.125. The van der Waals surface area contributed by atoms with Gasteiger partial charge < -0.3 is 21.1 Å². The molecule has 3 rings (SSSR count). The summed E-state index contributed by atoms with van der Waals surface area (Å²) < 4.78 is 0. The first-order valence-corrected chi connectivity index (χ1v) is 9.64. The molecule has 7 heteroatoms. The van der Waals surface area contributed by atoms with Gasteiger partial charge in [-0.2, -0.15) is 0 Å². The number of anilines is 2. The second-order valence-corrected chi connectivity index (χ2v) is 7.48. The van der Waals surface area contributed by atoms with Crippen molar-refractivity contribution in [3.63, 3.8) is 0 Å². The van der Waals surface area contributed by atoms with Crippen LogP contribution in [0.4, 0.5) is 16.2 Å². The van der Waals surface area contributed by atoms with Gasteiger partial charge in [-0.1, -0.05) is 42.5 Å². The third-order valence-corrected chi connectivity index (χ3v) is 4.62. The van der Waals surface area contributed by atoms with Gasteiger partial charge in [-0.25, -0.2) is 9.59 Å². The average molecular weight is 417 g/mol. The minimum atomic E-state index is -1.36. The van der Waals surface area contributed by atoms with Crippen LogP contribution in [0.1, 0.15) is 24.2 Å². The van der Waals surface area contributed by atoms with E-state index in [9.17, 15) is 14.4 Å². The van der Waals surface area contributed by atoms with E-state index in [1.165, 1.54) is 13.8 Å². The Bertz CT molecular complexity index is 1080. The largest absolute Gasteiger partial charge is 0.480 e. The van der Waals surface area contributed by atoms with E-state index in [-0.39, 0.29) is 6.03 Å². The molecule has 0 atom stereocenters. The fourth-order valence-electron chi connectivity index (χ4n) is 2.78. The quantitative estimate of drug-likeness (QED) is 0.470. The molecule has 0 radical (unpaired) electrons. The van der Waals surface area contributed by atoms with Crippen LogP contribution in [0.2, 0.25) is 0 Å². The standard InChI is InChI=1S/C24H23N3O4/c1-24(2,22(29)30)27-21(28)18-10-8-16(9-11-18)17-12-14-20(15-13-17)26-23(31)25-19-6-4-3-5-7-19/h3-15H,1-2H3,(H,27,28)(H,29,30)(H2,25,26,31). The van der Waals surface area contributed by atoms with E-state index >= 15 is 0 Å². The third kappa shape index (κ3) is 5.70. The minimum absolute atomic E-state index is 0.335. The molecule has 0 fully saturated rings. The highest BCUT2D eigenvalue weighted by Crippen LogP contribution is 2.22. The third-order valence-electron chi connectivity index (χ3n) is 4.62. The molecule has 0 aliphatic carbocycles. The first-order chi connectivity index (χ1) is 14.7. The van der Waals surface area contributed by atoms with Crippen molar-refractivity contribution in [1.29, 1.82) is 0 Å². The lowest BCUT2D eigenvalue weighted by atomic mass is 10.0. The van der Waals surface area contributed by atoms with Crippen LogP contribution in [-0.4, -0.2) is 28.6 Å². The zero-order valence-electron chi connectivity index (χ0n) is 17.2. The number of benzene rings is 3. The van der Waals surface area contributed by atoms with Gasteiger partial charge in [0.1, 0.15) is 5.54 Å². The predicted octanol–water partition coefficient (Wildman–Crippen LogP) is 4.59. The molecular formula is C24H23N3O4. The van der Waals surface area contributed by atoms with E-state index in [1.807, 2.05) is 30.3 Å². The van der Waals surface area contributed by atoms with Gasteiger partial charge in [0.05, 0.1) is 0 Å². The number of hydrogen-bond donors (Lipinski definition) is 4. The Balaban J connectivity index is 1.62. The van der Waals surface area contributed by atoms with E-state index in [0.29, 0.717) is 16.9 Å². The van der Waals surface area contributed by atoms with E-state index in [4.69, 9.17) is 5.11 Å². The summed E-state index contributed by atoms with van der Waals surface area (Å²) in [6, 6.07) is 23.0. The van der Waals surface area contributed by atoms with Gasteiger partial charge in [0, 0.05) is 16.9 Å². The zero-order chi connectivity index (χ0) is 22.4. The van der Waals surface area contributed by atoms with Crippen molar-refractivity contribution in [1.82, 2.24) is 5.32 Å². The van der Waals surface area contributed by atoms with Gasteiger partial charge in [-0.15, -0.1) is 0 Å². The number of para-hydroxylation sites is 1. The molecular weight excluding hydrogens is 394 g/mol. The predicted molar refractivity (Wildman–Crippen MR) is 120 cm³/mol. The molecule has 158 valence electrons. The zero-order valence-corrected chi connectivity index (χ0v) is 17.2. The van der Waals surface area contributed by atoms with Crippen molar-refractivity contribution in [2.75, 3.05) is 10.6 Å². The van der Waals surface area contributed by atoms with Gasteiger partial charge in [-0.05, 0) is 61.4 Å². The normalized spacial score (nSPS) is 10.8. The number of amides is 3. The van der Waals surface area contributed by atoms with Gasteiger partial charge in [-0.3, -0.25) is 4.79 Å². The van der Waals surface area contributed by atoms with Crippen molar-refractivity contribution in [2.45, 2.75) is 19.4 Å². The van der Waals surface area contributed by atoms with Crippen LogP contribution >= 0.6 is 0 Å². The van der Waals surface area contributed by atoms with Gasteiger partial charge in [0.15, 0.2) is 0 Å². The number of hydrogen-bond acceptors (Lipinski definition) is 3. The maximum Gasteiger partial charge on any atom is 0.328 e. The molecule has 0 aliphatic rings. The van der Waals surface area contributed by atoms with Gasteiger partial charge in [0.2, 0.25) is 0 Å². The van der Waals surface area contributed by atoms with E-state index < -0.39 is 17.4 Å². The SMILES string of the molecule is CC(C)(NC(=O)c1ccc(-c2ccc(NC(=O)Nc3ccccc3)cc2)cc1)C(=O)O. The van der Waals surface area contributed by atoms with Crippen LogP contribution in [-0.2, 0) is 4.79 Å². The highest BCUT2D eigenvalue weighted by molar-refractivity contribution is 6.00. The fourth-order valence-corrected chi connectivity index (χ4v) is 2.78. The molecule has 0 aliphatic heterocycles. The number of carbonyl (C=O) groups is 3. The van der Waals surface area contributed by atoms with Crippen LogP contribution in [0.15, 0.2) is 78.9 Å². The number of urea groups is 1. The van der Waals surface area contributed by atoms with Crippen molar-refractivity contribution in [3.05, 3.63) is 84.4 Å². The Hall–Kier alpha value is -4.13. The molecule has 31 heavy (non-hydrogen) atoms. The van der Waals surface area contributed by atoms with Crippen molar-refractivity contribution >= 4 is 29.3 Å². The topological polar surface area (TPSA) is 108 Å². The molecule has 0 heterocycles. The van der Waals surface area contributed by atoms with Crippen molar-refractivity contribution < 1.29 is 19.5 Å². The number of nitrogens with one attached hydrogen (secondary N) is 3. The molecule has 0 spiro atoms. The molecule has 3 aromatic rings. The van der Waals surface area contributed by atoms with E-state index in [0.717, 1.165) is 11.1 Å². The van der Waals surface area contributed by atoms with Crippen LogP contribution in [0.5, 0.6) is 0 Å². The lowest BCUT2D eigenvalue weighted by Gasteiger charge is -2.21. The molecule has 3 aromatic carbocycles.